The number of aromatic nitrogens is 2. The van der Waals surface area contributed by atoms with Crippen LogP contribution in [-0.4, -0.2) is 34.0 Å². The van der Waals surface area contributed by atoms with Crippen LogP contribution in [0.2, 0.25) is 0 Å². The van der Waals surface area contributed by atoms with E-state index in [1.807, 2.05) is 12.3 Å². The molecule has 1 saturated carbocycles. The molecule has 0 bridgehead atoms. The number of alkyl halides is 3. The van der Waals surface area contributed by atoms with Gasteiger partial charge >= 0.3 is 6.18 Å². The van der Waals surface area contributed by atoms with Crippen LogP contribution < -0.4 is 5.32 Å². The summed E-state index contributed by atoms with van der Waals surface area (Å²) in [5.41, 5.74) is 0.307. The first-order valence-corrected chi connectivity index (χ1v) is 9.45. The largest absolute Gasteiger partial charge is 0.416 e. The van der Waals surface area contributed by atoms with E-state index in [4.69, 9.17) is 0 Å². The summed E-state index contributed by atoms with van der Waals surface area (Å²) >= 11 is 0. The van der Waals surface area contributed by atoms with Gasteiger partial charge < -0.3 is 5.32 Å². The van der Waals surface area contributed by atoms with Crippen molar-refractivity contribution in [1.82, 2.24) is 14.9 Å². The van der Waals surface area contributed by atoms with E-state index in [0.29, 0.717) is 12.5 Å². The molecule has 0 amide bonds. The topological polar surface area (TPSA) is 41.0 Å². The van der Waals surface area contributed by atoms with E-state index in [9.17, 15) is 13.2 Å². The van der Waals surface area contributed by atoms with Gasteiger partial charge in [-0.2, -0.15) is 13.2 Å². The normalized spacial score (nSPS) is 21.2. The molecule has 2 fully saturated rings. The molecule has 144 valence electrons. The standard InChI is InChI=1S/C20H23F3N4/c21-20(22,23)16-7-3-14(4-8-16)12-27-11-1-2-17(13-27)25-18-9-10-24-19(26-18)15-5-6-15/h3-4,7-10,15,17H,1-2,5-6,11-13H2,(H,24,25,26). The van der Waals surface area contributed by atoms with Crippen LogP contribution in [0.5, 0.6) is 0 Å². The molecule has 27 heavy (non-hydrogen) atoms. The number of rotatable bonds is 5. The highest BCUT2D eigenvalue weighted by Gasteiger charge is 2.30. The minimum atomic E-state index is -4.28. The van der Waals surface area contributed by atoms with E-state index in [1.54, 1.807) is 12.1 Å². The fraction of sp³-hybridized carbons (Fsp3) is 0.500. The Labute approximate surface area is 156 Å². The zero-order valence-electron chi connectivity index (χ0n) is 15.0. The second-order valence-corrected chi connectivity index (χ2v) is 7.49. The molecule has 4 rings (SSSR count). The number of hydrogen-bond donors (Lipinski definition) is 1. The molecule has 4 nitrogen and oxygen atoms in total. The Bertz CT molecular complexity index is 772. The molecule has 1 aromatic heterocycles. The van der Waals surface area contributed by atoms with Crippen molar-refractivity contribution in [2.24, 2.45) is 0 Å². The molecule has 1 aromatic carbocycles. The van der Waals surface area contributed by atoms with E-state index >= 15 is 0 Å². The summed E-state index contributed by atoms with van der Waals surface area (Å²) in [6.07, 6.45) is 1.99. The van der Waals surface area contributed by atoms with E-state index in [2.05, 4.69) is 20.2 Å². The molecule has 1 atom stereocenters. The van der Waals surface area contributed by atoms with Gasteiger partial charge in [-0.1, -0.05) is 12.1 Å². The Kier molecular flexibility index (Phi) is 5.04. The second kappa shape index (κ2) is 7.46. The molecule has 2 aromatic rings. The number of hydrogen-bond acceptors (Lipinski definition) is 4. The van der Waals surface area contributed by atoms with Gasteiger partial charge in [0, 0.05) is 31.2 Å². The van der Waals surface area contributed by atoms with Crippen molar-refractivity contribution in [3.8, 4) is 0 Å². The van der Waals surface area contributed by atoms with Crippen LogP contribution in [0, 0.1) is 0 Å². The Hall–Kier alpha value is -2.15. The summed E-state index contributed by atoms with van der Waals surface area (Å²) in [6, 6.07) is 7.67. The molecule has 2 heterocycles. The number of nitrogens with zero attached hydrogens (tertiary/aromatic N) is 3. The van der Waals surface area contributed by atoms with Crippen LogP contribution in [0.3, 0.4) is 0 Å². The minimum Gasteiger partial charge on any atom is -0.366 e. The smallest absolute Gasteiger partial charge is 0.366 e. The fourth-order valence-electron chi connectivity index (χ4n) is 3.58. The third-order valence-electron chi connectivity index (χ3n) is 5.16. The predicted octanol–water partition coefficient (Wildman–Crippen LogP) is 4.45. The van der Waals surface area contributed by atoms with Crippen LogP contribution in [0.25, 0.3) is 0 Å². The van der Waals surface area contributed by atoms with Gasteiger partial charge in [0.15, 0.2) is 0 Å². The van der Waals surface area contributed by atoms with Gasteiger partial charge in [-0.05, 0) is 56.0 Å². The number of likely N-dealkylation sites (tertiary alicyclic amines) is 1. The van der Waals surface area contributed by atoms with Crippen molar-refractivity contribution in [3.05, 3.63) is 53.5 Å². The highest BCUT2D eigenvalue weighted by atomic mass is 19.4. The van der Waals surface area contributed by atoms with Gasteiger partial charge in [-0.15, -0.1) is 0 Å². The molecule has 1 saturated heterocycles. The Balaban J connectivity index is 1.34. The zero-order valence-corrected chi connectivity index (χ0v) is 15.0. The molecular weight excluding hydrogens is 353 g/mol. The first kappa shape index (κ1) is 18.2. The van der Waals surface area contributed by atoms with E-state index in [-0.39, 0.29) is 6.04 Å². The summed E-state index contributed by atoms with van der Waals surface area (Å²) in [7, 11) is 0. The van der Waals surface area contributed by atoms with Gasteiger partial charge in [-0.25, -0.2) is 9.97 Å². The molecule has 2 aliphatic rings. The van der Waals surface area contributed by atoms with Crippen LogP contribution in [0.15, 0.2) is 36.5 Å². The predicted molar refractivity (Wildman–Crippen MR) is 97.4 cm³/mol. The molecule has 1 aliphatic carbocycles. The number of nitrogens with one attached hydrogen (secondary N) is 1. The van der Waals surface area contributed by atoms with Gasteiger partial charge in [0.1, 0.15) is 11.6 Å². The lowest BCUT2D eigenvalue weighted by Crippen LogP contribution is -2.41. The lowest BCUT2D eigenvalue weighted by Gasteiger charge is -2.33. The third kappa shape index (κ3) is 4.77. The first-order chi connectivity index (χ1) is 13.0. The second-order valence-electron chi connectivity index (χ2n) is 7.49. The molecule has 0 radical (unpaired) electrons. The van der Waals surface area contributed by atoms with E-state index in [1.165, 1.54) is 12.8 Å². The quantitative estimate of drug-likeness (QED) is 0.837. The summed E-state index contributed by atoms with van der Waals surface area (Å²) < 4.78 is 38.1. The third-order valence-corrected chi connectivity index (χ3v) is 5.16. The summed E-state index contributed by atoms with van der Waals surface area (Å²) in [5, 5.41) is 3.51. The molecule has 1 N–H and O–H groups in total. The van der Waals surface area contributed by atoms with E-state index in [0.717, 1.165) is 55.3 Å². The van der Waals surface area contributed by atoms with Crippen molar-refractivity contribution in [1.29, 1.82) is 0 Å². The number of halogens is 3. The first-order valence-electron chi connectivity index (χ1n) is 9.45. The highest BCUT2D eigenvalue weighted by molar-refractivity contribution is 5.35. The number of benzene rings is 1. The maximum absolute atomic E-state index is 12.7. The van der Waals surface area contributed by atoms with Crippen molar-refractivity contribution in [2.75, 3.05) is 18.4 Å². The van der Waals surface area contributed by atoms with Crippen molar-refractivity contribution >= 4 is 5.82 Å². The lowest BCUT2D eigenvalue weighted by atomic mass is 10.0. The van der Waals surface area contributed by atoms with E-state index < -0.39 is 11.7 Å². The van der Waals surface area contributed by atoms with Crippen molar-refractivity contribution in [2.45, 2.75) is 50.4 Å². The molecular formula is C20H23F3N4. The van der Waals surface area contributed by atoms with Gasteiger partial charge in [-0.3, -0.25) is 4.90 Å². The highest BCUT2D eigenvalue weighted by Crippen LogP contribution is 2.38. The monoisotopic (exact) mass is 376 g/mol. The Morgan fingerprint density at radius 2 is 1.85 bits per heavy atom. The van der Waals surface area contributed by atoms with Crippen molar-refractivity contribution in [3.63, 3.8) is 0 Å². The average Bonchev–Trinajstić information content (AvgIpc) is 3.47. The molecule has 0 spiro atoms. The van der Waals surface area contributed by atoms with Gasteiger partial charge in [0.2, 0.25) is 0 Å². The Morgan fingerprint density at radius 1 is 1.07 bits per heavy atom. The van der Waals surface area contributed by atoms with Crippen LogP contribution in [0.4, 0.5) is 19.0 Å². The number of anilines is 1. The van der Waals surface area contributed by atoms with Crippen LogP contribution >= 0.6 is 0 Å². The van der Waals surface area contributed by atoms with Crippen LogP contribution in [0.1, 0.15) is 48.6 Å². The zero-order chi connectivity index (χ0) is 18.9. The number of piperidine rings is 1. The average molecular weight is 376 g/mol. The van der Waals surface area contributed by atoms with Crippen molar-refractivity contribution < 1.29 is 13.2 Å². The van der Waals surface area contributed by atoms with Gasteiger partial charge in [0.25, 0.3) is 0 Å². The Morgan fingerprint density at radius 3 is 2.56 bits per heavy atom. The maximum atomic E-state index is 12.7. The molecule has 1 unspecified atom stereocenters. The van der Waals surface area contributed by atoms with Crippen LogP contribution in [-0.2, 0) is 12.7 Å². The molecule has 7 heteroatoms. The van der Waals surface area contributed by atoms with Gasteiger partial charge in [0.05, 0.1) is 5.56 Å². The minimum absolute atomic E-state index is 0.287. The fourth-order valence-corrected chi connectivity index (χ4v) is 3.58. The SMILES string of the molecule is FC(F)(F)c1ccc(CN2CCCC(Nc3ccnc(C4CC4)n3)C2)cc1. The lowest BCUT2D eigenvalue weighted by molar-refractivity contribution is -0.137. The summed E-state index contributed by atoms with van der Waals surface area (Å²) in [4.78, 5) is 11.3. The summed E-state index contributed by atoms with van der Waals surface area (Å²) in [5.74, 6) is 2.32. The maximum Gasteiger partial charge on any atom is 0.416 e. The molecule has 1 aliphatic heterocycles. The summed E-state index contributed by atoms with van der Waals surface area (Å²) in [6.45, 7) is 2.47.